The average molecular weight is 239 g/mol. The van der Waals surface area contributed by atoms with Crippen molar-refractivity contribution in [2.24, 2.45) is 0 Å². The third-order valence-electron chi connectivity index (χ3n) is 2.02. The molecule has 1 aromatic rings. The molecule has 0 amide bonds. The Morgan fingerprint density at radius 1 is 1.56 bits per heavy atom. The summed E-state index contributed by atoms with van der Waals surface area (Å²) in [4.78, 5) is 10.2. The highest BCUT2D eigenvalue weighted by Gasteiger charge is 2.08. The topological polar surface area (TPSA) is 52.4 Å². The van der Waals surface area contributed by atoms with E-state index in [4.69, 9.17) is 4.74 Å². The Balaban J connectivity index is 3.02. The van der Waals surface area contributed by atoms with Gasteiger partial charge in [0.25, 0.3) is 5.69 Å². The largest absolute Gasteiger partial charge is 0.496 e. The van der Waals surface area contributed by atoms with E-state index >= 15 is 0 Å². The standard InChI is InChI=1S/C11H13NO3S/c1-15-11-6-5-10(12(13)14)8-9(11)4-2-3-7-16/h2,4-6,8,16H,3,7H2,1H3. The summed E-state index contributed by atoms with van der Waals surface area (Å²) in [5.41, 5.74) is 0.768. The minimum absolute atomic E-state index is 0.0614. The molecule has 0 saturated heterocycles. The van der Waals surface area contributed by atoms with Crippen LogP contribution in [0.15, 0.2) is 24.3 Å². The van der Waals surface area contributed by atoms with Crippen LogP contribution in [-0.4, -0.2) is 17.8 Å². The number of allylic oxidation sites excluding steroid dienone is 1. The molecule has 0 heterocycles. The minimum atomic E-state index is -0.421. The van der Waals surface area contributed by atoms with Crippen LogP contribution in [-0.2, 0) is 0 Å². The molecule has 0 atom stereocenters. The first kappa shape index (κ1) is 12.6. The van der Waals surface area contributed by atoms with Crippen molar-refractivity contribution in [1.82, 2.24) is 0 Å². The zero-order chi connectivity index (χ0) is 12.0. The molecule has 0 saturated carbocycles. The summed E-state index contributed by atoms with van der Waals surface area (Å²) in [6.07, 6.45) is 4.53. The van der Waals surface area contributed by atoms with E-state index in [0.717, 1.165) is 12.2 Å². The van der Waals surface area contributed by atoms with Crippen LogP contribution in [0.4, 0.5) is 5.69 Å². The summed E-state index contributed by atoms with van der Waals surface area (Å²) in [6, 6.07) is 4.52. The van der Waals surface area contributed by atoms with Gasteiger partial charge in [0.15, 0.2) is 0 Å². The predicted molar refractivity (Wildman–Crippen MR) is 67.2 cm³/mol. The number of rotatable bonds is 5. The van der Waals surface area contributed by atoms with Crippen LogP contribution in [0.25, 0.3) is 6.08 Å². The maximum Gasteiger partial charge on any atom is 0.270 e. The highest BCUT2D eigenvalue weighted by Crippen LogP contribution is 2.25. The van der Waals surface area contributed by atoms with Gasteiger partial charge in [0.2, 0.25) is 0 Å². The van der Waals surface area contributed by atoms with Gasteiger partial charge in [-0.05, 0) is 18.2 Å². The molecule has 1 rings (SSSR count). The molecular formula is C11H13NO3S. The van der Waals surface area contributed by atoms with Crippen molar-refractivity contribution in [1.29, 1.82) is 0 Å². The lowest BCUT2D eigenvalue weighted by molar-refractivity contribution is -0.384. The van der Waals surface area contributed by atoms with Crippen LogP contribution < -0.4 is 4.74 Å². The molecule has 0 N–H and O–H groups in total. The second kappa shape index (κ2) is 6.17. The number of hydrogen-bond acceptors (Lipinski definition) is 4. The SMILES string of the molecule is COc1ccc([N+](=O)[O-])cc1C=CCCS. The number of benzene rings is 1. The monoisotopic (exact) mass is 239 g/mol. The molecule has 16 heavy (non-hydrogen) atoms. The van der Waals surface area contributed by atoms with Crippen molar-refractivity contribution in [3.8, 4) is 5.75 Å². The molecule has 0 aliphatic carbocycles. The number of ether oxygens (including phenoxy) is 1. The average Bonchev–Trinajstić information content (AvgIpc) is 2.29. The maximum atomic E-state index is 10.6. The summed E-state index contributed by atoms with van der Waals surface area (Å²) in [5, 5.41) is 10.6. The first-order valence-corrected chi connectivity index (χ1v) is 5.42. The van der Waals surface area contributed by atoms with E-state index in [2.05, 4.69) is 12.6 Å². The van der Waals surface area contributed by atoms with Crippen LogP contribution in [0.2, 0.25) is 0 Å². The molecule has 0 bridgehead atoms. The number of nitrogens with zero attached hydrogens (tertiary/aromatic N) is 1. The van der Waals surface area contributed by atoms with Crippen LogP contribution in [0.1, 0.15) is 12.0 Å². The Labute approximate surface area is 99.5 Å². The third kappa shape index (κ3) is 3.27. The molecule has 0 aliphatic rings. The predicted octanol–water partition coefficient (Wildman–Crippen LogP) is 2.94. The van der Waals surface area contributed by atoms with Gasteiger partial charge in [-0.2, -0.15) is 12.6 Å². The summed E-state index contributed by atoms with van der Waals surface area (Å²) in [6.45, 7) is 0. The Morgan fingerprint density at radius 3 is 2.88 bits per heavy atom. The molecule has 0 aromatic heterocycles. The highest BCUT2D eigenvalue weighted by molar-refractivity contribution is 7.80. The van der Waals surface area contributed by atoms with Gasteiger partial charge in [0, 0.05) is 17.7 Å². The Bertz CT molecular complexity index is 404. The van der Waals surface area contributed by atoms with E-state index in [1.807, 2.05) is 12.2 Å². The first-order chi connectivity index (χ1) is 7.69. The summed E-state index contributed by atoms with van der Waals surface area (Å²) in [7, 11) is 1.54. The van der Waals surface area contributed by atoms with Crippen LogP contribution in [0.5, 0.6) is 5.75 Å². The lowest BCUT2D eigenvalue weighted by Gasteiger charge is -2.03. The second-order valence-corrected chi connectivity index (χ2v) is 3.55. The van der Waals surface area contributed by atoms with Crippen molar-refractivity contribution < 1.29 is 9.66 Å². The van der Waals surface area contributed by atoms with Gasteiger partial charge < -0.3 is 4.74 Å². The number of nitro groups is 1. The molecule has 5 heteroatoms. The number of nitro benzene ring substituents is 1. The van der Waals surface area contributed by atoms with E-state index in [1.54, 1.807) is 6.07 Å². The number of thiol groups is 1. The Morgan fingerprint density at radius 2 is 2.31 bits per heavy atom. The van der Waals surface area contributed by atoms with Crippen LogP contribution in [0.3, 0.4) is 0 Å². The first-order valence-electron chi connectivity index (χ1n) is 4.79. The van der Waals surface area contributed by atoms with Gasteiger partial charge in [-0.1, -0.05) is 12.2 Å². The molecule has 0 fully saturated rings. The van der Waals surface area contributed by atoms with Crippen molar-refractivity contribution >= 4 is 24.4 Å². The van der Waals surface area contributed by atoms with Crippen molar-refractivity contribution in [3.63, 3.8) is 0 Å². The van der Waals surface area contributed by atoms with Gasteiger partial charge in [0.05, 0.1) is 12.0 Å². The molecule has 0 aliphatic heterocycles. The minimum Gasteiger partial charge on any atom is -0.496 e. The van der Waals surface area contributed by atoms with E-state index in [-0.39, 0.29) is 5.69 Å². The Kier molecular flexibility index (Phi) is 4.85. The molecule has 86 valence electrons. The van der Waals surface area contributed by atoms with E-state index in [0.29, 0.717) is 11.3 Å². The van der Waals surface area contributed by atoms with Crippen molar-refractivity contribution in [2.75, 3.05) is 12.9 Å². The summed E-state index contributed by atoms with van der Waals surface area (Å²) < 4.78 is 5.12. The number of hydrogen-bond donors (Lipinski definition) is 1. The molecular weight excluding hydrogens is 226 g/mol. The zero-order valence-corrected chi connectivity index (χ0v) is 9.81. The van der Waals surface area contributed by atoms with Crippen LogP contribution >= 0.6 is 12.6 Å². The normalized spacial score (nSPS) is 10.6. The molecule has 4 nitrogen and oxygen atoms in total. The summed E-state index contributed by atoms with van der Waals surface area (Å²) >= 11 is 4.08. The number of methoxy groups -OCH3 is 1. The van der Waals surface area contributed by atoms with Gasteiger partial charge in [-0.15, -0.1) is 0 Å². The van der Waals surface area contributed by atoms with Crippen molar-refractivity contribution in [2.45, 2.75) is 6.42 Å². The number of non-ortho nitro benzene ring substituents is 1. The zero-order valence-electron chi connectivity index (χ0n) is 8.92. The highest BCUT2D eigenvalue weighted by atomic mass is 32.1. The summed E-state index contributed by atoms with van der Waals surface area (Å²) in [5.74, 6) is 1.37. The van der Waals surface area contributed by atoms with Gasteiger partial charge in [-0.3, -0.25) is 10.1 Å². The van der Waals surface area contributed by atoms with E-state index < -0.39 is 4.92 Å². The van der Waals surface area contributed by atoms with Gasteiger partial charge in [-0.25, -0.2) is 0 Å². The van der Waals surface area contributed by atoms with E-state index in [1.165, 1.54) is 19.2 Å². The second-order valence-electron chi connectivity index (χ2n) is 3.10. The molecule has 0 spiro atoms. The molecule has 0 radical (unpaired) electrons. The lowest BCUT2D eigenvalue weighted by Crippen LogP contribution is -1.91. The molecule has 1 aromatic carbocycles. The van der Waals surface area contributed by atoms with Gasteiger partial charge in [0.1, 0.15) is 5.75 Å². The third-order valence-corrected chi connectivity index (χ3v) is 2.28. The fourth-order valence-corrected chi connectivity index (χ4v) is 1.40. The smallest absolute Gasteiger partial charge is 0.270 e. The van der Waals surface area contributed by atoms with Crippen molar-refractivity contribution in [3.05, 3.63) is 40.0 Å². The van der Waals surface area contributed by atoms with Gasteiger partial charge >= 0.3 is 0 Å². The fraction of sp³-hybridized carbons (Fsp3) is 0.273. The quantitative estimate of drug-likeness (QED) is 0.488. The lowest BCUT2D eigenvalue weighted by atomic mass is 10.1. The maximum absolute atomic E-state index is 10.6. The molecule has 0 unspecified atom stereocenters. The Hall–Kier alpha value is -1.49. The fourth-order valence-electron chi connectivity index (χ4n) is 1.25. The van der Waals surface area contributed by atoms with Crippen LogP contribution in [0, 0.1) is 10.1 Å². The van der Waals surface area contributed by atoms with E-state index in [9.17, 15) is 10.1 Å².